The molecule has 0 aromatic heterocycles. The predicted octanol–water partition coefficient (Wildman–Crippen LogP) is -0.337. The van der Waals surface area contributed by atoms with Crippen LogP contribution < -0.4 is 15.4 Å². The SMILES string of the molecule is CS(=O)(=O)N1C[C@H]2CNC[C@@]2(C(=O)NCCOc2ccccc2)C1. The van der Waals surface area contributed by atoms with Crippen molar-refractivity contribution in [2.45, 2.75) is 0 Å². The third kappa shape index (κ3) is 3.40. The maximum absolute atomic E-state index is 12.7. The first kappa shape index (κ1) is 17.2. The van der Waals surface area contributed by atoms with Crippen molar-refractivity contribution in [3.63, 3.8) is 0 Å². The van der Waals surface area contributed by atoms with Crippen molar-refractivity contribution in [3.8, 4) is 5.75 Å². The molecule has 1 aromatic carbocycles. The summed E-state index contributed by atoms with van der Waals surface area (Å²) in [6.07, 6.45) is 1.20. The number of nitrogens with zero attached hydrogens (tertiary/aromatic N) is 1. The Hall–Kier alpha value is -1.64. The number of ether oxygens (including phenoxy) is 1. The van der Waals surface area contributed by atoms with Crippen LogP contribution in [0.3, 0.4) is 0 Å². The van der Waals surface area contributed by atoms with Gasteiger partial charge in [-0.3, -0.25) is 4.79 Å². The minimum absolute atomic E-state index is 0.0160. The summed E-state index contributed by atoms with van der Waals surface area (Å²) in [7, 11) is -3.28. The number of nitrogens with one attached hydrogen (secondary N) is 2. The highest BCUT2D eigenvalue weighted by Gasteiger charge is 2.56. The molecule has 24 heavy (non-hydrogen) atoms. The summed E-state index contributed by atoms with van der Waals surface area (Å²) in [4.78, 5) is 12.7. The lowest BCUT2D eigenvalue weighted by Gasteiger charge is -2.26. The van der Waals surface area contributed by atoms with Gasteiger partial charge in [-0.05, 0) is 12.1 Å². The van der Waals surface area contributed by atoms with Gasteiger partial charge < -0.3 is 15.4 Å². The van der Waals surface area contributed by atoms with Crippen molar-refractivity contribution >= 4 is 15.9 Å². The molecule has 0 aliphatic carbocycles. The second kappa shape index (κ2) is 6.70. The number of hydrogen-bond acceptors (Lipinski definition) is 5. The third-order valence-electron chi connectivity index (χ3n) is 4.82. The van der Waals surface area contributed by atoms with E-state index in [1.807, 2.05) is 30.3 Å². The van der Waals surface area contributed by atoms with Crippen LogP contribution in [-0.4, -0.2) is 64.2 Å². The van der Waals surface area contributed by atoms with E-state index < -0.39 is 15.4 Å². The summed E-state index contributed by atoms with van der Waals surface area (Å²) in [6, 6.07) is 9.41. The van der Waals surface area contributed by atoms with Gasteiger partial charge in [0.15, 0.2) is 0 Å². The van der Waals surface area contributed by atoms with Crippen molar-refractivity contribution in [1.82, 2.24) is 14.9 Å². The number of carbonyl (C=O) groups is 1. The second-order valence-corrected chi connectivity index (χ2v) is 8.44. The van der Waals surface area contributed by atoms with Crippen LogP contribution in [0.5, 0.6) is 5.75 Å². The highest BCUT2D eigenvalue weighted by atomic mass is 32.2. The summed E-state index contributed by atoms with van der Waals surface area (Å²) in [5.74, 6) is 0.678. The molecule has 1 aromatic rings. The lowest BCUT2D eigenvalue weighted by Crippen LogP contribution is -2.48. The third-order valence-corrected chi connectivity index (χ3v) is 6.03. The van der Waals surface area contributed by atoms with Crippen LogP contribution >= 0.6 is 0 Å². The molecular formula is C16H23N3O4S. The van der Waals surface area contributed by atoms with Gasteiger partial charge in [0, 0.05) is 32.1 Å². The average molecular weight is 353 g/mol. The van der Waals surface area contributed by atoms with E-state index in [1.54, 1.807) is 0 Å². The second-order valence-electron chi connectivity index (χ2n) is 6.46. The van der Waals surface area contributed by atoms with Gasteiger partial charge in [-0.25, -0.2) is 12.7 Å². The molecule has 132 valence electrons. The largest absolute Gasteiger partial charge is 0.492 e. The number of fused-ring (bicyclic) bond motifs is 1. The smallest absolute Gasteiger partial charge is 0.229 e. The number of carbonyl (C=O) groups excluding carboxylic acids is 1. The summed E-state index contributed by atoms with van der Waals surface area (Å²) in [5, 5.41) is 6.12. The lowest BCUT2D eigenvalue weighted by atomic mass is 9.80. The fraction of sp³-hybridized carbons (Fsp3) is 0.562. The quantitative estimate of drug-likeness (QED) is 0.684. The summed E-state index contributed by atoms with van der Waals surface area (Å²) in [5.41, 5.74) is -0.671. The zero-order chi connectivity index (χ0) is 17.2. The first-order valence-electron chi connectivity index (χ1n) is 8.04. The minimum atomic E-state index is -3.28. The van der Waals surface area contributed by atoms with Gasteiger partial charge in [-0.15, -0.1) is 0 Å². The maximum Gasteiger partial charge on any atom is 0.229 e. The Balaban J connectivity index is 1.55. The first-order chi connectivity index (χ1) is 11.4. The molecule has 0 saturated carbocycles. The Labute approximate surface area is 142 Å². The van der Waals surface area contributed by atoms with E-state index in [4.69, 9.17) is 4.74 Å². The summed E-state index contributed by atoms with van der Waals surface area (Å²) < 4.78 is 30.6. The topological polar surface area (TPSA) is 87.7 Å². The Morgan fingerprint density at radius 1 is 1.42 bits per heavy atom. The van der Waals surface area contributed by atoms with Crippen LogP contribution in [0.2, 0.25) is 0 Å². The van der Waals surface area contributed by atoms with Crippen LogP contribution in [-0.2, 0) is 14.8 Å². The number of amides is 1. The zero-order valence-electron chi connectivity index (χ0n) is 13.7. The van der Waals surface area contributed by atoms with Gasteiger partial charge >= 0.3 is 0 Å². The van der Waals surface area contributed by atoms with Gasteiger partial charge in [0.25, 0.3) is 0 Å². The molecule has 7 nitrogen and oxygen atoms in total. The van der Waals surface area contributed by atoms with Crippen LogP contribution in [0.4, 0.5) is 0 Å². The highest BCUT2D eigenvalue weighted by Crippen LogP contribution is 2.40. The van der Waals surface area contributed by atoms with Crippen molar-refractivity contribution in [2.75, 3.05) is 45.6 Å². The van der Waals surface area contributed by atoms with E-state index in [2.05, 4.69) is 10.6 Å². The maximum atomic E-state index is 12.7. The molecule has 2 atom stereocenters. The molecule has 0 spiro atoms. The number of sulfonamides is 1. The van der Waals surface area contributed by atoms with Gasteiger partial charge in [0.05, 0.1) is 18.2 Å². The number of benzene rings is 1. The number of para-hydroxylation sites is 1. The van der Waals surface area contributed by atoms with Crippen molar-refractivity contribution < 1.29 is 17.9 Å². The Bertz CT molecular complexity index is 695. The fourth-order valence-corrected chi connectivity index (χ4v) is 4.39. The highest BCUT2D eigenvalue weighted by molar-refractivity contribution is 7.88. The molecule has 2 fully saturated rings. The molecule has 0 bridgehead atoms. The van der Waals surface area contributed by atoms with Gasteiger partial charge in [-0.2, -0.15) is 0 Å². The lowest BCUT2D eigenvalue weighted by molar-refractivity contribution is -0.130. The molecule has 2 saturated heterocycles. The minimum Gasteiger partial charge on any atom is -0.492 e. The monoisotopic (exact) mass is 353 g/mol. The van der Waals surface area contributed by atoms with Crippen LogP contribution in [0.25, 0.3) is 0 Å². The van der Waals surface area contributed by atoms with Crippen molar-refractivity contribution in [3.05, 3.63) is 30.3 Å². The fourth-order valence-electron chi connectivity index (χ4n) is 3.47. The van der Waals surface area contributed by atoms with Crippen LogP contribution in [0.15, 0.2) is 30.3 Å². The van der Waals surface area contributed by atoms with E-state index in [1.165, 1.54) is 10.6 Å². The molecule has 2 N–H and O–H groups in total. The van der Waals surface area contributed by atoms with E-state index in [9.17, 15) is 13.2 Å². The van der Waals surface area contributed by atoms with Gasteiger partial charge in [0.1, 0.15) is 12.4 Å². The molecule has 1 amide bonds. The number of hydrogen-bond donors (Lipinski definition) is 2. The van der Waals surface area contributed by atoms with Gasteiger partial charge in [0.2, 0.25) is 15.9 Å². The average Bonchev–Trinajstić information content (AvgIpc) is 3.10. The number of rotatable bonds is 6. The first-order valence-corrected chi connectivity index (χ1v) is 9.89. The normalized spacial score (nSPS) is 27.0. The molecule has 3 rings (SSSR count). The summed E-state index contributed by atoms with van der Waals surface area (Å²) >= 11 is 0. The Kier molecular flexibility index (Phi) is 4.80. The Morgan fingerprint density at radius 2 is 2.17 bits per heavy atom. The molecule has 2 aliphatic heterocycles. The van der Waals surface area contributed by atoms with E-state index in [-0.39, 0.29) is 18.4 Å². The molecule has 2 aliphatic rings. The van der Waals surface area contributed by atoms with Crippen LogP contribution in [0, 0.1) is 11.3 Å². The van der Waals surface area contributed by atoms with Gasteiger partial charge in [-0.1, -0.05) is 18.2 Å². The molecule has 0 radical (unpaired) electrons. The molecular weight excluding hydrogens is 330 g/mol. The summed E-state index contributed by atoms with van der Waals surface area (Å²) in [6.45, 7) is 2.59. The van der Waals surface area contributed by atoms with E-state index >= 15 is 0 Å². The predicted molar refractivity (Wildman–Crippen MR) is 90.2 cm³/mol. The van der Waals surface area contributed by atoms with Crippen molar-refractivity contribution in [2.24, 2.45) is 11.3 Å². The molecule has 0 unspecified atom stereocenters. The molecule has 2 heterocycles. The standard InChI is InChI=1S/C16H23N3O4S/c1-24(21,22)19-10-13-9-17-11-16(13,12-19)15(20)18-7-8-23-14-5-3-2-4-6-14/h2-6,13,17H,7-12H2,1H3,(H,18,20)/t13-,16-/m1/s1. The van der Waals surface area contributed by atoms with Crippen LogP contribution in [0.1, 0.15) is 0 Å². The zero-order valence-corrected chi connectivity index (χ0v) is 14.5. The van der Waals surface area contributed by atoms with E-state index in [0.29, 0.717) is 32.8 Å². The van der Waals surface area contributed by atoms with E-state index in [0.717, 1.165) is 5.75 Å². The Morgan fingerprint density at radius 3 is 2.88 bits per heavy atom. The van der Waals surface area contributed by atoms with Crippen molar-refractivity contribution in [1.29, 1.82) is 0 Å². The molecule has 8 heteroatoms.